The minimum absolute atomic E-state index is 0.191. The van der Waals surface area contributed by atoms with Gasteiger partial charge in [0, 0.05) is 24.9 Å². The van der Waals surface area contributed by atoms with Crippen LogP contribution in [0.5, 0.6) is 0 Å². The van der Waals surface area contributed by atoms with E-state index in [0.29, 0.717) is 23.7 Å². The van der Waals surface area contributed by atoms with Crippen molar-refractivity contribution in [2.24, 2.45) is 17.8 Å². The second-order valence-corrected chi connectivity index (χ2v) is 7.42. The van der Waals surface area contributed by atoms with Crippen LogP contribution in [0.4, 0.5) is 4.39 Å². The van der Waals surface area contributed by atoms with E-state index in [0.717, 1.165) is 38.8 Å². The zero-order chi connectivity index (χ0) is 15.8. The van der Waals surface area contributed by atoms with Crippen molar-refractivity contribution >= 4 is 5.91 Å². The number of rotatable bonds is 2. The third kappa shape index (κ3) is 2.93. The molecule has 3 aliphatic rings. The van der Waals surface area contributed by atoms with Crippen molar-refractivity contribution < 1.29 is 9.18 Å². The fraction of sp³-hybridized carbons (Fsp3) is 0.550. The standard InChI is InChI=1S/C20H24FNO/c21-18-8-6-15(7-9-18)17-3-1-2-10-22(13-17)20(23)19-12-14-4-5-16(19)11-14/h4-9,14,16-17,19H,1-3,10-13H2. The minimum Gasteiger partial charge on any atom is -0.342 e. The Morgan fingerprint density at radius 3 is 2.61 bits per heavy atom. The molecule has 4 atom stereocenters. The number of hydrogen-bond acceptors (Lipinski definition) is 1. The van der Waals surface area contributed by atoms with Gasteiger partial charge in [-0.1, -0.05) is 30.7 Å². The third-order valence-electron chi connectivity index (χ3n) is 5.92. The Bertz CT molecular complexity index is 609. The van der Waals surface area contributed by atoms with Gasteiger partial charge in [-0.3, -0.25) is 4.79 Å². The van der Waals surface area contributed by atoms with Gasteiger partial charge in [-0.2, -0.15) is 0 Å². The monoisotopic (exact) mass is 313 g/mol. The van der Waals surface area contributed by atoms with Crippen molar-refractivity contribution in [1.29, 1.82) is 0 Å². The SMILES string of the molecule is O=C(C1CC2C=CC1C2)N1CCCCC(c2ccc(F)cc2)C1. The predicted molar refractivity (Wildman–Crippen MR) is 88.4 cm³/mol. The van der Waals surface area contributed by atoms with Crippen molar-refractivity contribution in [3.8, 4) is 0 Å². The number of halogens is 1. The Labute approximate surface area is 137 Å². The smallest absolute Gasteiger partial charge is 0.226 e. The molecule has 1 aliphatic heterocycles. The number of hydrogen-bond donors (Lipinski definition) is 0. The van der Waals surface area contributed by atoms with E-state index >= 15 is 0 Å². The molecule has 4 unspecified atom stereocenters. The van der Waals surface area contributed by atoms with E-state index in [2.05, 4.69) is 17.1 Å². The molecule has 1 saturated carbocycles. The fourth-order valence-electron chi connectivity index (χ4n) is 4.65. The van der Waals surface area contributed by atoms with Crippen molar-refractivity contribution in [1.82, 2.24) is 4.90 Å². The van der Waals surface area contributed by atoms with Crippen LogP contribution in [0.3, 0.4) is 0 Å². The summed E-state index contributed by atoms with van der Waals surface area (Å²) in [5, 5.41) is 0. The summed E-state index contributed by atoms with van der Waals surface area (Å²) in [4.78, 5) is 15.1. The van der Waals surface area contributed by atoms with E-state index in [1.807, 2.05) is 12.1 Å². The van der Waals surface area contributed by atoms with E-state index in [-0.39, 0.29) is 11.7 Å². The molecule has 1 aromatic rings. The summed E-state index contributed by atoms with van der Waals surface area (Å²) >= 11 is 0. The van der Waals surface area contributed by atoms with Crippen LogP contribution < -0.4 is 0 Å². The average molecular weight is 313 g/mol. The molecular weight excluding hydrogens is 289 g/mol. The van der Waals surface area contributed by atoms with E-state index in [1.165, 1.54) is 24.1 Å². The third-order valence-corrected chi connectivity index (χ3v) is 5.92. The van der Waals surface area contributed by atoms with Crippen LogP contribution in [-0.2, 0) is 4.79 Å². The minimum atomic E-state index is -0.191. The Morgan fingerprint density at radius 1 is 1.09 bits per heavy atom. The van der Waals surface area contributed by atoms with Gasteiger partial charge in [0.05, 0.1) is 0 Å². The highest BCUT2D eigenvalue weighted by Crippen LogP contribution is 2.44. The molecule has 23 heavy (non-hydrogen) atoms. The van der Waals surface area contributed by atoms with Gasteiger partial charge in [-0.15, -0.1) is 0 Å². The molecule has 4 rings (SSSR count). The van der Waals surface area contributed by atoms with Crippen LogP contribution in [0.1, 0.15) is 43.6 Å². The number of amides is 1. The largest absolute Gasteiger partial charge is 0.342 e. The summed E-state index contributed by atoms with van der Waals surface area (Å²) in [5.74, 6) is 1.82. The maximum absolute atomic E-state index is 13.2. The zero-order valence-corrected chi connectivity index (χ0v) is 13.5. The number of carbonyl (C=O) groups is 1. The molecule has 1 heterocycles. The number of likely N-dealkylation sites (tertiary alicyclic amines) is 1. The van der Waals surface area contributed by atoms with Crippen LogP contribution in [0.25, 0.3) is 0 Å². The van der Waals surface area contributed by atoms with Gasteiger partial charge >= 0.3 is 0 Å². The number of nitrogens with zero attached hydrogens (tertiary/aromatic N) is 1. The quantitative estimate of drug-likeness (QED) is 0.752. The first-order valence-electron chi connectivity index (χ1n) is 8.93. The van der Waals surface area contributed by atoms with Gasteiger partial charge in [-0.05, 0) is 55.2 Å². The van der Waals surface area contributed by atoms with Crippen molar-refractivity contribution in [2.75, 3.05) is 13.1 Å². The summed E-state index contributed by atoms with van der Waals surface area (Å²) < 4.78 is 13.2. The second kappa shape index (κ2) is 6.10. The Hall–Kier alpha value is -1.64. The van der Waals surface area contributed by atoms with Crippen molar-refractivity contribution in [2.45, 2.75) is 38.0 Å². The van der Waals surface area contributed by atoms with Gasteiger partial charge in [0.1, 0.15) is 5.82 Å². The molecular formula is C20H24FNO. The first kappa shape index (κ1) is 14.9. The van der Waals surface area contributed by atoms with Crippen LogP contribution in [0.2, 0.25) is 0 Å². The maximum Gasteiger partial charge on any atom is 0.226 e. The molecule has 3 heteroatoms. The summed E-state index contributed by atoms with van der Waals surface area (Å²) in [7, 11) is 0. The Kier molecular flexibility index (Phi) is 3.96. The van der Waals surface area contributed by atoms with Gasteiger partial charge < -0.3 is 4.90 Å². The van der Waals surface area contributed by atoms with E-state index in [1.54, 1.807) is 0 Å². The van der Waals surface area contributed by atoms with Crippen LogP contribution >= 0.6 is 0 Å². The lowest BCUT2D eigenvalue weighted by Gasteiger charge is -2.29. The van der Waals surface area contributed by atoms with Gasteiger partial charge in [0.2, 0.25) is 5.91 Å². The summed E-state index contributed by atoms with van der Waals surface area (Å²) in [6.45, 7) is 1.68. The van der Waals surface area contributed by atoms with E-state index in [9.17, 15) is 9.18 Å². The van der Waals surface area contributed by atoms with Crippen LogP contribution in [0.15, 0.2) is 36.4 Å². The van der Waals surface area contributed by atoms with Crippen molar-refractivity contribution in [3.63, 3.8) is 0 Å². The highest BCUT2D eigenvalue weighted by molar-refractivity contribution is 5.80. The second-order valence-electron chi connectivity index (χ2n) is 7.42. The normalized spacial score (nSPS) is 33.0. The molecule has 2 nitrogen and oxygen atoms in total. The van der Waals surface area contributed by atoms with Crippen LogP contribution in [-0.4, -0.2) is 23.9 Å². The highest BCUT2D eigenvalue weighted by Gasteiger charge is 2.41. The lowest BCUT2D eigenvalue weighted by Crippen LogP contribution is -2.39. The molecule has 0 N–H and O–H groups in total. The Morgan fingerprint density at radius 2 is 1.91 bits per heavy atom. The number of carbonyl (C=O) groups excluding carboxylic acids is 1. The molecule has 1 saturated heterocycles. The molecule has 0 aromatic heterocycles. The topological polar surface area (TPSA) is 20.3 Å². The Balaban J connectivity index is 1.48. The summed E-state index contributed by atoms with van der Waals surface area (Å²) in [6.07, 6.45) is 10.1. The van der Waals surface area contributed by atoms with Gasteiger partial charge in [-0.25, -0.2) is 4.39 Å². The van der Waals surface area contributed by atoms with Gasteiger partial charge in [0.15, 0.2) is 0 Å². The molecule has 0 radical (unpaired) electrons. The number of allylic oxidation sites excluding steroid dienone is 2. The molecule has 2 fully saturated rings. The summed E-state index contributed by atoms with van der Waals surface area (Å²) in [5.41, 5.74) is 1.17. The number of fused-ring (bicyclic) bond motifs is 2. The highest BCUT2D eigenvalue weighted by atomic mass is 19.1. The fourth-order valence-corrected chi connectivity index (χ4v) is 4.65. The lowest BCUT2D eigenvalue weighted by atomic mass is 9.91. The molecule has 0 spiro atoms. The van der Waals surface area contributed by atoms with E-state index in [4.69, 9.17) is 0 Å². The molecule has 2 bridgehead atoms. The maximum atomic E-state index is 13.2. The lowest BCUT2D eigenvalue weighted by molar-refractivity contribution is -0.136. The van der Waals surface area contributed by atoms with Crippen molar-refractivity contribution in [3.05, 3.63) is 47.8 Å². The summed E-state index contributed by atoms with van der Waals surface area (Å²) in [6, 6.07) is 6.84. The first-order valence-corrected chi connectivity index (χ1v) is 8.93. The number of benzene rings is 1. The van der Waals surface area contributed by atoms with E-state index < -0.39 is 0 Å². The molecule has 1 aromatic carbocycles. The molecule has 122 valence electrons. The first-order chi connectivity index (χ1) is 11.2. The zero-order valence-electron chi connectivity index (χ0n) is 13.5. The molecule has 1 amide bonds. The molecule has 2 aliphatic carbocycles. The predicted octanol–water partition coefficient (Wildman–Crippen LogP) is 4.13. The van der Waals surface area contributed by atoms with Gasteiger partial charge in [0.25, 0.3) is 0 Å². The van der Waals surface area contributed by atoms with Crippen LogP contribution in [0, 0.1) is 23.6 Å². The average Bonchev–Trinajstić information content (AvgIpc) is 3.11.